The summed E-state index contributed by atoms with van der Waals surface area (Å²) in [6.07, 6.45) is -0.354. The van der Waals surface area contributed by atoms with E-state index in [0.29, 0.717) is 0 Å². The standard InChI is InChI=1S/C18H13ClO7/c1-10(20)25-14-6-7-15(18(23)24)12(8-14)9-16(21)26-13-4-2-11(3-5-13)17(19)22/h2-8H,9H2,1H3,(H,23,24). The molecule has 0 aliphatic carbocycles. The van der Waals surface area contributed by atoms with Gasteiger partial charge in [-0.1, -0.05) is 0 Å². The molecule has 134 valence electrons. The Bertz CT molecular complexity index is 872. The van der Waals surface area contributed by atoms with E-state index in [0.717, 1.165) is 0 Å². The molecule has 7 nitrogen and oxygen atoms in total. The number of hydrogen-bond acceptors (Lipinski definition) is 6. The van der Waals surface area contributed by atoms with Crippen molar-refractivity contribution in [2.45, 2.75) is 13.3 Å². The summed E-state index contributed by atoms with van der Waals surface area (Å²) in [7, 11) is 0. The zero-order chi connectivity index (χ0) is 19.3. The number of carbonyl (C=O) groups is 4. The summed E-state index contributed by atoms with van der Waals surface area (Å²) in [6, 6.07) is 9.42. The first-order valence-electron chi connectivity index (χ1n) is 7.31. The van der Waals surface area contributed by atoms with Crippen LogP contribution in [0.2, 0.25) is 0 Å². The molecule has 0 aliphatic rings. The average molecular weight is 377 g/mol. The SMILES string of the molecule is CC(=O)Oc1ccc(C(=O)O)c(CC(=O)Oc2ccc(C(=O)Cl)cc2)c1. The Kier molecular flexibility index (Phi) is 6.08. The van der Waals surface area contributed by atoms with Crippen LogP contribution in [0.25, 0.3) is 0 Å². The van der Waals surface area contributed by atoms with Gasteiger partial charge in [0.1, 0.15) is 11.5 Å². The number of benzene rings is 2. The van der Waals surface area contributed by atoms with Crippen LogP contribution in [0.3, 0.4) is 0 Å². The maximum atomic E-state index is 12.1. The number of hydrogen-bond donors (Lipinski definition) is 1. The molecule has 2 rings (SSSR count). The molecule has 0 radical (unpaired) electrons. The normalized spacial score (nSPS) is 10.1. The maximum Gasteiger partial charge on any atom is 0.335 e. The van der Waals surface area contributed by atoms with Crippen LogP contribution in [-0.2, 0) is 16.0 Å². The number of halogens is 1. The molecule has 2 aromatic carbocycles. The molecule has 2 aromatic rings. The van der Waals surface area contributed by atoms with Gasteiger partial charge in [-0.3, -0.25) is 14.4 Å². The molecule has 0 heterocycles. The second-order valence-electron chi connectivity index (χ2n) is 5.17. The Balaban J connectivity index is 2.17. The van der Waals surface area contributed by atoms with Gasteiger partial charge in [0.05, 0.1) is 12.0 Å². The van der Waals surface area contributed by atoms with E-state index < -0.39 is 23.2 Å². The lowest BCUT2D eigenvalue weighted by atomic mass is 10.0. The van der Waals surface area contributed by atoms with E-state index in [2.05, 4.69) is 0 Å². The van der Waals surface area contributed by atoms with Crippen molar-refractivity contribution in [1.29, 1.82) is 0 Å². The maximum absolute atomic E-state index is 12.1. The Morgan fingerprint density at radius 2 is 1.58 bits per heavy atom. The van der Waals surface area contributed by atoms with Crippen molar-refractivity contribution in [2.75, 3.05) is 0 Å². The molecule has 0 fully saturated rings. The molecule has 8 heteroatoms. The lowest BCUT2D eigenvalue weighted by molar-refractivity contribution is -0.133. The lowest BCUT2D eigenvalue weighted by Gasteiger charge is -2.09. The Hall–Kier alpha value is -3.19. The van der Waals surface area contributed by atoms with Crippen LogP contribution in [-0.4, -0.2) is 28.3 Å². The van der Waals surface area contributed by atoms with E-state index in [1.165, 1.54) is 49.4 Å². The fraction of sp³-hybridized carbons (Fsp3) is 0.111. The summed E-state index contributed by atoms with van der Waals surface area (Å²) in [5.41, 5.74) is 0.267. The number of ether oxygens (including phenoxy) is 2. The van der Waals surface area contributed by atoms with E-state index >= 15 is 0 Å². The van der Waals surface area contributed by atoms with Crippen molar-refractivity contribution >= 4 is 34.8 Å². The summed E-state index contributed by atoms with van der Waals surface area (Å²) >= 11 is 5.33. The molecular formula is C18H13ClO7. The molecule has 0 aliphatic heterocycles. The first-order valence-corrected chi connectivity index (χ1v) is 7.69. The molecule has 0 unspecified atom stereocenters. The molecule has 0 atom stereocenters. The zero-order valence-electron chi connectivity index (χ0n) is 13.5. The van der Waals surface area contributed by atoms with Crippen molar-refractivity contribution in [2.24, 2.45) is 0 Å². The first kappa shape index (κ1) is 19.1. The summed E-state index contributed by atoms with van der Waals surface area (Å²) in [6.45, 7) is 1.20. The van der Waals surface area contributed by atoms with E-state index in [9.17, 15) is 24.3 Å². The van der Waals surface area contributed by atoms with Crippen LogP contribution in [0, 0.1) is 0 Å². The molecule has 0 saturated heterocycles. The number of rotatable bonds is 6. The first-order chi connectivity index (χ1) is 12.3. The molecule has 0 bridgehead atoms. The van der Waals surface area contributed by atoms with E-state index in [1.807, 2.05) is 0 Å². The zero-order valence-corrected chi connectivity index (χ0v) is 14.3. The highest BCUT2D eigenvalue weighted by Crippen LogP contribution is 2.20. The molecular weight excluding hydrogens is 364 g/mol. The number of carboxylic acid groups (broad SMARTS) is 1. The number of esters is 2. The predicted octanol–water partition coefficient (Wildman–Crippen LogP) is 2.84. The number of carboxylic acids is 1. The molecule has 0 aromatic heterocycles. The quantitative estimate of drug-likeness (QED) is 0.469. The third-order valence-electron chi connectivity index (χ3n) is 3.22. The van der Waals surface area contributed by atoms with Crippen molar-refractivity contribution in [3.63, 3.8) is 0 Å². The highest BCUT2D eigenvalue weighted by molar-refractivity contribution is 6.67. The van der Waals surface area contributed by atoms with Gasteiger partial charge in [0.15, 0.2) is 0 Å². The largest absolute Gasteiger partial charge is 0.478 e. The monoisotopic (exact) mass is 376 g/mol. The van der Waals surface area contributed by atoms with Crippen molar-refractivity contribution < 1.29 is 33.8 Å². The molecule has 0 amide bonds. The van der Waals surface area contributed by atoms with Crippen LogP contribution >= 0.6 is 11.6 Å². The molecule has 1 N–H and O–H groups in total. The molecule has 26 heavy (non-hydrogen) atoms. The second-order valence-corrected chi connectivity index (χ2v) is 5.51. The van der Waals surface area contributed by atoms with Crippen LogP contribution in [0.15, 0.2) is 42.5 Å². The summed E-state index contributed by atoms with van der Waals surface area (Å²) in [4.78, 5) is 45.4. The fourth-order valence-corrected chi connectivity index (χ4v) is 2.26. The second kappa shape index (κ2) is 8.26. The summed E-state index contributed by atoms with van der Waals surface area (Å²) in [5.74, 6) is -2.24. The van der Waals surface area contributed by atoms with Gasteiger partial charge in [0, 0.05) is 12.5 Å². The third kappa shape index (κ3) is 5.15. The van der Waals surface area contributed by atoms with Crippen LogP contribution in [0.5, 0.6) is 11.5 Å². The van der Waals surface area contributed by atoms with E-state index in [-0.39, 0.29) is 34.6 Å². The van der Waals surface area contributed by atoms with Crippen LogP contribution in [0.1, 0.15) is 33.2 Å². The predicted molar refractivity (Wildman–Crippen MR) is 90.7 cm³/mol. The van der Waals surface area contributed by atoms with E-state index in [1.54, 1.807) is 0 Å². The van der Waals surface area contributed by atoms with Gasteiger partial charge in [-0.05, 0) is 59.6 Å². The highest BCUT2D eigenvalue weighted by Gasteiger charge is 2.16. The lowest BCUT2D eigenvalue weighted by Crippen LogP contribution is -2.14. The summed E-state index contributed by atoms with van der Waals surface area (Å²) < 4.78 is 10.0. The topological polar surface area (TPSA) is 107 Å². The van der Waals surface area contributed by atoms with Crippen molar-refractivity contribution in [3.05, 3.63) is 59.2 Å². The minimum atomic E-state index is -1.23. The number of aromatic carboxylic acids is 1. The minimum absolute atomic E-state index is 0.110. The smallest absolute Gasteiger partial charge is 0.335 e. The van der Waals surface area contributed by atoms with Crippen LogP contribution < -0.4 is 9.47 Å². The fourth-order valence-electron chi connectivity index (χ4n) is 2.13. The molecule has 0 spiro atoms. The Labute approximate surface area is 153 Å². The average Bonchev–Trinajstić information content (AvgIpc) is 2.54. The number of carbonyl (C=O) groups excluding carboxylic acids is 3. The highest BCUT2D eigenvalue weighted by atomic mass is 35.5. The minimum Gasteiger partial charge on any atom is -0.478 e. The van der Waals surface area contributed by atoms with Crippen molar-refractivity contribution in [1.82, 2.24) is 0 Å². The van der Waals surface area contributed by atoms with Gasteiger partial charge in [0.25, 0.3) is 5.24 Å². The Morgan fingerprint density at radius 3 is 2.12 bits per heavy atom. The van der Waals surface area contributed by atoms with Crippen molar-refractivity contribution in [3.8, 4) is 11.5 Å². The van der Waals surface area contributed by atoms with Gasteiger partial charge >= 0.3 is 17.9 Å². The van der Waals surface area contributed by atoms with Gasteiger partial charge in [-0.2, -0.15) is 0 Å². The van der Waals surface area contributed by atoms with Gasteiger partial charge in [0.2, 0.25) is 0 Å². The van der Waals surface area contributed by atoms with Gasteiger partial charge in [-0.25, -0.2) is 4.79 Å². The van der Waals surface area contributed by atoms with E-state index in [4.69, 9.17) is 21.1 Å². The third-order valence-corrected chi connectivity index (χ3v) is 3.43. The van der Waals surface area contributed by atoms with Gasteiger partial charge in [-0.15, -0.1) is 0 Å². The van der Waals surface area contributed by atoms with Crippen LogP contribution in [0.4, 0.5) is 0 Å². The van der Waals surface area contributed by atoms with Gasteiger partial charge < -0.3 is 14.6 Å². The molecule has 0 saturated carbocycles. The summed E-state index contributed by atoms with van der Waals surface area (Å²) in [5, 5.41) is 8.58. The Morgan fingerprint density at radius 1 is 0.962 bits per heavy atom.